The molecule has 1 aromatic carbocycles. The van der Waals surface area contributed by atoms with Gasteiger partial charge in [0, 0.05) is 10.6 Å². The first-order valence-electron chi connectivity index (χ1n) is 4.70. The van der Waals surface area contributed by atoms with Gasteiger partial charge in [0.25, 0.3) is 0 Å². The number of halogens is 2. The number of hydrogen-bond acceptors (Lipinski definition) is 1. The summed E-state index contributed by atoms with van der Waals surface area (Å²) in [5.74, 6) is -1.55. The topological polar surface area (TPSA) is 37.3 Å². The zero-order chi connectivity index (χ0) is 12.3. The number of rotatable bonds is 4. The standard InChI is InChI=1S/C12H12ClFO2/c1-3-12(2,11(15)16)7-8-9(13)5-4-6-10(8)14/h3-6H,1,7H2,2H3,(H,15,16). The van der Waals surface area contributed by atoms with Gasteiger partial charge in [0.1, 0.15) is 5.82 Å². The molecule has 0 aliphatic rings. The fourth-order valence-corrected chi connectivity index (χ4v) is 1.53. The van der Waals surface area contributed by atoms with Crippen molar-refractivity contribution in [2.75, 3.05) is 0 Å². The average Bonchev–Trinajstić information content (AvgIpc) is 2.23. The average molecular weight is 243 g/mol. The normalized spacial score (nSPS) is 14.2. The molecule has 16 heavy (non-hydrogen) atoms. The zero-order valence-electron chi connectivity index (χ0n) is 8.84. The summed E-state index contributed by atoms with van der Waals surface area (Å²) in [5, 5.41) is 9.27. The smallest absolute Gasteiger partial charge is 0.313 e. The molecule has 1 N–H and O–H groups in total. The minimum absolute atomic E-state index is 0.0165. The monoisotopic (exact) mass is 242 g/mol. The first-order valence-corrected chi connectivity index (χ1v) is 5.08. The van der Waals surface area contributed by atoms with Crippen LogP contribution in [0.2, 0.25) is 5.02 Å². The third-order valence-corrected chi connectivity index (χ3v) is 2.90. The summed E-state index contributed by atoms with van der Waals surface area (Å²) >= 11 is 5.83. The predicted octanol–water partition coefficient (Wildman–Crippen LogP) is 3.30. The van der Waals surface area contributed by atoms with E-state index >= 15 is 0 Å². The molecule has 1 rings (SSSR count). The molecule has 0 saturated carbocycles. The highest BCUT2D eigenvalue weighted by Crippen LogP contribution is 2.29. The number of carboxylic acids is 1. The van der Waals surface area contributed by atoms with E-state index in [0.29, 0.717) is 0 Å². The van der Waals surface area contributed by atoms with Crippen molar-refractivity contribution in [3.05, 3.63) is 47.3 Å². The van der Waals surface area contributed by atoms with E-state index in [9.17, 15) is 9.18 Å². The van der Waals surface area contributed by atoms with E-state index in [4.69, 9.17) is 16.7 Å². The maximum absolute atomic E-state index is 13.5. The van der Waals surface area contributed by atoms with Gasteiger partial charge in [0.15, 0.2) is 0 Å². The van der Waals surface area contributed by atoms with Crippen molar-refractivity contribution in [2.24, 2.45) is 5.41 Å². The van der Waals surface area contributed by atoms with Crippen molar-refractivity contribution in [1.29, 1.82) is 0 Å². The van der Waals surface area contributed by atoms with Gasteiger partial charge >= 0.3 is 5.97 Å². The van der Waals surface area contributed by atoms with E-state index in [1.54, 1.807) is 0 Å². The Morgan fingerprint density at radius 1 is 1.69 bits per heavy atom. The molecule has 0 heterocycles. The fourth-order valence-electron chi connectivity index (χ4n) is 1.30. The second-order valence-electron chi connectivity index (χ2n) is 3.80. The van der Waals surface area contributed by atoms with Crippen molar-refractivity contribution < 1.29 is 14.3 Å². The Bertz CT molecular complexity index is 411. The van der Waals surface area contributed by atoms with Gasteiger partial charge in [-0.2, -0.15) is 0 Å². The highest BCUT2D eigenvalue weighted by atomic mass is 35.5. The molecule has 0 fully saturated rings. The van der Waals surface area contributed by atoms with Crippen LogP contribution < -0.4 is 0 Å². The van der Waals surface area contributed by atoms with Gasteiger partial charge in [0.2, 0.25) is 0 Å². The van der Waals surface area contributed by atoms with E-state index in [1.807, 2.05) is 0 Å². The van der Waals surface area contributed by atoms with Crippen molar-refractivity contribution in [1.82, 2.24) is 0 Å². The SMILES string of the molecule is C=CC(C)(Cc1c(F)cccc1Cl)C(=O)O. The molecule has 0 bridgehead atoms. The van der Waals surface area contributed by atoms with Crippen LogP contribution in [0.1, 0.15) is 12.5 Å². The Labute approximate surface area is 98.4 Å². The Morgan fingerprint density at radius 2 is 2.31 bits per heavy atom. The largest absolute Gasteiger partial charge is 0.481 e. The van der Waals surface area contributed by atoms with Crippen molar-refractivity contribution >= 4 is 17.6 Å². The predicted molar refractivity (Wildman–Crippen MR) is 61.1 cm³/mol. The minimum atomic E-state index is -1.22. The molecular formula is C12H12ClFO2. The zero-order valence-corrected chi connectivity index (χ0v) is 9.59. The number of aliphatic carboxylic acids is 1. The quantitative estimate of drug-likeness (QED) is 0.823. The van der Waals surface area contributed by atoms with Crippen LogP contribution in [0, 0.1) is 11.2 Å². The van der Waals surface area contributed by atoms with Gasteiger partial charge in [-0.15, -0.1) is 6.58 Å². The molecule has 1 atom stereocenters. The number of benzene rings is 1. The van der Waals surface area contributed by atoms with Crippen molar-refractivity contribution in [3.8, 4) is 0 Å². The van der Waals surface area contributed by atoms with Crippen LogP contribution in [0.25, 0.3) is 0 Å². The van der Waals surface area contributed by atoms with Crippen LogP contribution in [0.4, 0.5) is 4.39 Å². The van der Waals surface area contributed by atoms with Crippen LogP contribution >= 0.6 is 11.6 Å². The molecule has 1 aromatic rings. The van der Waals surface area contributed by atoms with Crippen LogP contribution in [-0.2, 0) is 11.2 Å². The maximum atomic E-state index is 13.5. The lowest BCUT2D eigenvalue weighted by atomic mass is 9.83. The van der Waals surface area contributed by atoms with E-state index < -0.39 is 17.2 Å². The molecule has 86 valence electrons. The molecule has 0 radical (unpaired) electrons. The van der Waals surface area contributed by atoms with Crippen LogP contribution in [0.15, 0.2) is 30.9 Å². The van der Waals surface area contributed by atoms with Gasteiger partial charge in [-0.3, -0.25) is 4.79 Å². The lowest BCUT2D eigenvalue weighted by Crippen LogP contribution is -2.28. The Hall–Kier alpha value is -1.35. The highest BCUT2D eigenvalue weighted by Gasteiger charge is 2.31. The van der Waals surface area contributed by atoms with Crippen LogP contribution in [0.5, 0.6) is 0 Å². The Kier molecular flexibility index (Phi) is 3.70. The summed E-state index contributed by atoms with van der Waals surface area (Å²) in [6.45, 7) is 4.94. The molecule has 0 saturated heterocycles. The van der Waals surface area contributed by atoms with Crippen molar-refractivity contribution in [3.63, 3.8) is 0 Å². The number of carboxylic acid groups (broad SMARTS) is 1. The third-order valence-electron chi connectivity index (χ3n) is 2.54. The summed E-state index contributed by atoms with van der Waals surface area (Å²) in [7, 11) is 0. The van der Waals surface area contributed by atoms with E-state index in [2.05, 4.69) is 6.58 Å². The van der Waals surface area contributed by atoms with Crippen LogP contribution in [0.3, 0.4) is 0 Å². The molecule has 4 heteroatoms. The highest BCUT2D eigenvalue weighted by molar-refractivity contribution is 6.31. The van der Waals surface area contributed by atoms with E-state index in [0.717, 1.165) is 0 Å². The van der Waals surface area contributed by atoms with Gasteiger partial charge in [-0.05, 0) is 25.5 Å². The molecular weight excluding hydrogens is 231 g/mol. The molecule has 0 spiro atoms. The van der Waals surface area contributed by atoms with Gasteiger partial charge in [0.05, 0.1) is 5.41 Å². The lowest BCUT2D eigenvalue weighted by Gasteiger charge is -2.21. The Morgan fingerprint density at radius 3 is 2.75 bits per heavy atom. The van der Waals surface area contributed by atoms with Gasteiger partial charge in [-0.25, -0.2) is 4.39 Å². The summed E-state index contributed by atoms with van der Waals surface area (Å²) in [5.41, 5.74) is -1.01. The summed E-state index contributed by atoms with van der Waals surface area (Å²) < 4.78 is 13.5. The Balaban J connectivity index is 3.13. The second kappa shape index (κ2) is 4.66. The second-order valence-corrected chi connectivity index (χ2v) is 4.21. The summed E-state index contributed by atoms with van der Waals surface area (Å²) in [6.07, 6.45) is 1.27. The molecule has 2 nitrogen and oxygen atoms in total. The van der Waals surface area contributed by atoms with E-state index in [1.165, 1.54) is 31.2 Å². The van der Waals surface area contributed by atoms with Crippen LogP contribution in [-0.4, -0.2) is 11.1 Å². The minimum Gasteiger partial charge on any atom is -0.481 e. The summed E-state index contributed by atoms with van der Waals surface area (Å²) in [6, 6.07) is 4.27. The first-order chi connectivity index (χ1) is 7.40. The molecule has 1 unspecified atom stereocenters. The molecule has 0 aliphatic carbocycles. The third kappa shape index (κ3) is 2.42. The maximum Gasteiger partial charge on any atom is 0.313 e. The molecule has 0 amide bonds. The molecule has 0 aromatic heterocycles. The first kappa shape index (κ1) is 12.7. The molecule has 0 aliphatic heterocycles. The van der Waals surface area contributed by atoms with Crippen molar-refractivity contribution in [2.45, 2.75) is 13.3 Å². The summed E-state index contributed by atoms with van der Waals surface area (Å²) in [4.78, 5) is 11.0. The lowest BCUT2D eigenvalue weighted by molar-refractivity contribution is -0.145. The van der Waals surface area contributed by atoms with E-state index in [-0.39, 0.29) is 17.0 Å². The van der Waals surface area contributed by atoms with Gasteiger partial charge < -0.3 is 5.11 Å². The van der Waals surface area contributed by atoms with Gasteiger partial charge in [-0.1, -0.05) is 23.7 Å². The number of hydrogen-bond donors (Lipinski definition) is 1. The fraction of sp³-hybridized carbons (Fsp3) is 0.250. The number of carbonyl (C=O) groups is 1.